The van der Waals surface area contributed by atoms with Gasteiger partial charge in [0.05, 0.1) is 17.3 Å². The van der Waals surface area contributed by atoms with Gasteiger partial charge in [-0.25, -0.2) is 4.39 Å². The molecule has 188 valence electrons. The van der Waals surface area contributed by atoms with E-state index in [4.69, 9.17) is 0 Å². The van der Waals surface area contributed by atoms with Crippen LogP contribution in [0.4, 0.5) is 4.39 Å². The van der Waals surface area contributed by atoms with Crippen LogP contribution in [0.3, 0.4) is 0 Å². The highest BCUT2D eigenvalue weighted by Gasteiger charge is 2.41. The number of likely N-dealkylation sites (tertiary alicyclic amines) is 1. The number of aliphatic hydroxyl groups is 1. The van der Waals surface area contributed by atoms with Gasteiger partial charge in [0, 0.05) is 42.0 Å². The van der Waals surface area contributed by atoms with Crippen molar-refractivity contribution in [2.24, 2.45) is 5.92 Å². The molecule has 0 aliphatic carbocycles. The summed E-state index contributed by atoms with van der Waals surface area (Å²) in [4.78, 5) is 21.9. The lowest BCUT2D eigenvalue weighted by molar-refractivity contribution is -0.0136. The van der Waals surface area contributed by atoms with E-state index in [1.807, 2.05) is 37.8 Å². The first-order valence-corrected chi connectivity index (χ1v) is 13.0. The molecule has 0 unspecified atom stereocenters. The van der Waals surface area contributed by atoms with Crippen molar-refractivity contribution < 1.29 is 14.3 Å². The normalized spacial score (nSPS) is 24.1. The van der Waals surface area contributed by atoms with Crippen molar-refractivity contribution in [3.8, 4) is 11.3 Å². The SMILES string of the molecule is C[C@@H]1c2c(ccc(-c3cc(CN4CCC(C(C)(C)O)CC4)ccn3)c2F)C(=O)N1[C@H]1CCCNC1. The van der Waals surface area contributed by atoms with Gasteiger partial charge in [-0.3, -0.25) is 14.7 Å². The molecule has 3 aliphatic heterocycles. The summed E-state index contributed by atoms with van der Waals surface area (Å²) < 4.78 is 15.9. The Kier molecular flexibility index (Phi) is 6.68. The number of carbonyl (C=O) groups excluding carboxylic acids is 1. The average molecular weight is 481 g/mol. The molecule has 1 amide bonds. The van der Waals surface area contributed by atoms with E-state index in [1.54, 1.807) is 18.3 Å². The van der Waals surface area contributed by atoms with Crippen molar-refractivity contribution >= 4 is 5.91 Å². The van der Waals surface area contributed by atoms with Crippen LogP contribution in [0.5, 0.6) is 0 Å². The first-order valence-electron chi connectivity index (χ1n) is 13.0. The Morgan fingerprint density at radius 3 is 2.60 bits per heavy atom. The minimum absolute atomic E-state index is 0.0668. The molecule has 7 heteroatoms. The van der Waals surface area contributed by atoms with Gasteiger partial charge in [0.15, 0.2) is 0 Å². The third kappa shape index (κ3) is 4.74. The number of rotatable bonds is 5. The second-order valence-corrected chi connectivity index (χ2v) is 11.0. The molecular formula is C28H37FN4O2. The summed E-state index contributed by atoms with van der Waals surface area (Å²) in [5, 5.41) is 13.7. The van der Waals surface area contributed by atoms with Crippen molar-refractivity contribution in [3.63, 3.8) is 0 Å². The second kappa shape index (κ2) is 9.60. The molecule has 4 heterocycles. The van der Waals surface area contributed by atoms with E-state index in [0.717, 1.165) is 64.0 Å². The van der Waals surface area contributed by atoms with Gasteiger partial charge in [0.1, 0.15) is 5.82 Å². The van der Waals surface area contributed by atoms with E-state index in [2.05, 4.69) is 15.2 Å². The molecule has 2 atom stereocenters. The standard InChI is InChI=1S/C28H37FN4O2/c1-18-25-23(27(34)33(18)21-5-4-11-30-16-21)7-6-22(26(25)29)24-15-19(8-12-31-24)17-32-13-9-20(10-14-32)28(2,3)35/h6-8,12,15,18,20-21,30,35H,4-5,9-11,13-14,16-17H2,1-3H3/t18-,21+/m1/s1. The second-order valence-electron chi connectivity index (χ2n) is 11.0. The fourth-order valence-corrected chi connectivity index (χ4v) is 6.17. The number of amides is 1. The monoisotopic (exact) mass is 480 g/mol. The molecule has 0 saturated carbocycles. The predicted octanol–water partition coefficient (Wildman–Crippen LogP) is 4.14. The number of carbonyl (C=O) groups is 1. The number of nitrogens with zero attached hydrogens (tertiary/aromatic N) is 3. The van der Waals surface area contributed by atoms with Crippen LogP contribution in [0.15, 0.2) is 30.5 Å². The van der Waals surface area contributed by atoms with Crippen LogP contribution in [0, 0.1) is 11.7 Å². The highest BCUT2D eigenvalue weighted by molar-refractivity contribution is 6.00. The van der Waals surface area contributed by atoms with Gasteiger partial charge < -0.3 is 15.3 Å². The maximum Gasteiger partial charge on any atom is 0.255 e. The molecule has 0 bridgehead atoms. The van der Waals surface area contributed by atoms with Gasteiger partial charge in [0.2, 0.25) is 0 Å². The number of benzene rings is 1. The molecule has 3 aliphatic rings. The Morgan fingerprint density at radius 1 is 1.17 bits per heavy atom. The molecular weight excluding hydrogens is 443 g/mol. The van der Waals surface area contributed by atoms with E-state index >= 15 is 4.39 Å². The molecule has 2 fully saturated rings. The summed E-state index contributed by atoms with van der Waals surface area (Å²) in [6, 6.07) is 7.25. The van der Waals surface area contributed by atoms with Gasteiger partial charge in [-0.15, -0.1) is 0 Å². The largest absolute Gasteiger partial charge is 0.390 e. The summed E-state index contributed by atoms with van der Waals surface area (Å²) in [6.07, 6.45) is 5.66. The highest BCUT2D eigenvalue weighted by atomic mass is 19.1. The molecule has 0 radical (unpaired) electrons. The van der Waals surface area contributed by atoms with Gasteiger partial charge in [-0.1, -0.05) is 0 Å². The van der Waals surface area contributed by atoms with Gasteiger partial charge in [-0.05, 0) is 102 Å². The maximum atomic E-state index is 15.9. The first kappa shape index (κ1) is 24.3. The Bertz CT molecular complexity index is 1080. The summed E-state index contributed by atoms with van der Waals surface area (Å²) in [7, 11) is 0. The molecule has 2 aromatic rings. The van der Waals surface area contributed by atoms with Gasteiger partial charge in [-0.2, -0.15) is 0 Å². The zero-order chi connectivity index (χ0) is 24.7. The molecule has 1 aromatic heterocycles. The number of hydrogen-bond acceptors (Lipinski definition) is 5. The van der Waals surface area contributed by atoms with Crippen molar-refractivity contribution in [2.75, 3.05) is 26.2 Å². The first-order chi connectivity index (χ1) is 16.7. The van der Waals surface area contributed by atoms with Crippen LogP contribution in [0.25, 0.3) is 11.3 Å². The number of pyridine rings is 1. The molecule has 5 rings (SSSR count). The summed E-state index contributed by atoms with van der Waals surface area (Å²) in [5.41, 5.74) is 2.49. The Balaban J connectivity index is 1.35. The van der Waals surface area contributed by atoms with Crippen molar-refractivity contribution in [1.82, 2.24) is 20.1 Å². The molecule has 1 aromatic carbocycles. The number of hydrogen-bond donors (Lipinski definition) is 2. The van der Waals surface area contributed by atoms with E-state index in [0.29, 0.717) is 28.3 Å². The van der Waals surface area contributed by atoms with Crippen molar-refractivity contribution in [2.45, 2.75) is 70.7 Å². The molecule has 2 N–H and O–H groups in total. The van der Waals surface area contributed by atoms with Gasteiger partial charge in [0.25, 0.3) is 5.91 Å². The van der Waals surface area contributed by atoms with Gasteiger partial charge >= 0.3 is 0 Å². The quantitative estimate of drug-likeness (QED) is 0.673. The third-order valence-corrected chi connectivity index (χ3v) is 8.24. The highest BCUT2D eigenvalue weighted by Crippen LogP contribution is 2.40. The van der Waals surface area contributed by atoms with Crippen LogP contribution in [0.1, 0.15) is 74.0 Å². The smallest absolute Gasteiger partial charge is 0.255 e. The lowest BCUT2D eigenvalue weighted by Crippen LogP contribution is -2.47. The fourth-order valence-electron chi connectivity index (χ4n) is 6.17. The van der Waals surface area contributed by atoms with E-state index in [1.165, 1.54) is 0 Å². The molecule has 6 nitrogen and oxygen atoms in total. The molecule has 35 heavy (non-hydrogen) atoms. The van der Waals surface area contributed by atoms with Crippen LogP contribution in [0.2, 0.25) is 0 Å². The summed E-state index contributed by atoms with van der Waals surface area (Å²) in [6.45, 7) is 10.1. The summed E-state index contributed by atoms with van der Waals surface area (Å²) in [5.74, 6) is -0.0750. The number of halogens is 1. The zero-order valence-electron chi connectivity index (χ0n) is 21.1. The Labute approximate surface area is 207 Å². The van der Waals surface area contributed by atoms with E-state index in [-0.39, 0.29) is 23.8 Å². The van der Waals surface area contributed by atoms with Crippen molar-refractivity contribution in [3.05, 3.63) is 53.0 Å². The van der Waals surface area contributed by atoms with Crippen LogP contribution < -0.4 is 5.32 Å². The predicted molar refractivity (Wildman–Crippen MR) is 134 cm³/mol. The van der Waals surface area contributed by atoms with Crippen molar-refractivity contribution in [1.29, 1.82) is 0 Å². The van der Waals surface area contributed by atoms with E-state index < -0.39 is 5.60 Å². The lowest BCUT2D eigenvalue weighted by atomic mass is 9.83. The summed E-state index contributed by atoms with van der Waals surface area (Å²) >= 11 is 0. The molecule has 0 spiro atoms. The number of fused-ring (bicyclic) bond motifs is 1. The maximum absolute atomic E-state index is 15.9. The number of aromatic nitrogens is 1. The average Bonchev–Trinajstić information content (AvgIpc) is 3.10. The van der Waals surface area contributed by atoms with Crippen LogP contribution >= 0.6 is 0 Å². The minimum atomic E-state index is -0.636. The third-order valence-electron chi connectivity index (χ3n) is 8.24. The zero-order valence-corrected chi connectivity index (χ0v) is 21.1. The number of nitrogens with one attached hydrogen (secondary N) is 1. The topological polar surface area (TPSA) is 68.7 Å². The van der Waals surface area contributed by atoms with Crippen LogP contribution in [-0.2, 0) is 6.54 Å². The van der Waals surface area contributed by atoms with E-state index in [9.17, 15) is 9.90 Å². The minimum Gasteiger partial charge on any atom is -0.390 e. The van der Waals surface area contributed by atoms with Crippen LogP contribution in [-0.4, -0.2) is 63.6 Å². The number of piperidine rings is 2. The fraction of sp³-hybridized carbons (Fsp3) is 0.571. The molecule has 2 saturated heterocycles. The lowest BCUT2D eigenvalue weighted by Gasteiger charge is -2.37. The Hall–Kier alpha value is -2.35. The Morgan fingerprint density at radius 2 is 1.91 bits per heavy atom.